The number of carbonyl (C=O) groups excluding carboxylic acids is 2. The second-order valence-electron chi connectivity index (χ2n) is 10.5. The zero-order chi connectivity index (χ0) is 21.3. The Hall–Kier alpha value is -1.38. The summed E-state index contributed by atoms with van der Waals surface area (Å²) in [6.07, 6.45) is 4.64. The average molecular weight is 423 g/mol. The van der Waals surface area contributed by atoms with E-state index in [-0.39, 0.29) is 17.9 Å². The van der Waals surface area contributed by atoms with Crippen molar-refractivity contribution < 1.29 is 19.1 Å². The molecule has 2 N–H and O–H groups in total. The lowest BCUT2D eigenvalue weighted by molar-refractivity contribution is -0.129. The minimum Gasteiger partial charge on any atom is -0.444 e. The van der Waals surface area contributed by atoms with Crippen LogP contribution in [-0.2, 0) is 14.3 Å². The molecule has 170 valence electrons. The molecule has 8 nitrogen and oxygen atoms in total. The highest BCUT2D eigenvalue weighted by molar-refractivity contribution is 5.78. The van der Waals surface area contributed by atoms with Crippen molar-refractivity contribution in [3.05, 3.63) is 0 Å². The first kappa shape index (κ1) is 21.8. The van der Waals surface area contributed by atoms with Gasteiger partial charge in [-0.05, 0) is 64.7 Å². The first-order valence-corrected chi connectivity index (χ1v) is 11.7. The molecule has 0 spiro atoms. The summed E-state index contributed by atoms with van der Waals surface area (Å²) in [5.74, 6) is 1.41. The monoisotopic (exact) mass is 422 g/mol. The molecular weight excluding hydrogens is 384 g/mol. The number of likely N-dealkylation sites (tertiary alicyclic amines) is 1. The van der Waals surface area contributed by atoms with Crippen molar-refractivity contribution in [2.45, 2.75) is 70.6 Å². The largest absolute Gasteiger partial charge is 0.444 e. The van der Waals surface area contributed by atoms with Crippen LogP contribution >= 0.6 is 0 Å². The van der Waals surface area contributed by atoms with Crippen LogP contribution in [-0.4, -0.2) is 79.0 Å². The minimum absolute atomic E-state index is 0.108. The van der Waals surface area contributed by atoms with Crippen molar-refractivity contribution in [2.75, 3.05) is 39.4 Å². The van der Waals surface area contributed by atoms with Gasteiger partial charge in [-0.25, -0.2) is 9.80 Å². The molecule has 0 aromatic carbocycles. The molecule has 0 radical (unpaired) electrons. The summed E-state index contributed by atoms with van der Waals surface area (Å²) in [6, 6.07) is 0.928. The average Bonchev–Trinajstić information content (AvgIpc) is 3.06. The molecular formula is C22H38N4O4. The van der Waals surface area contributed by atoms with E-state index in [4.69, 9.17) is 9.47 Å². The van der Waals surface area contributed by atoms with Gasteiger partial charge in [-0.2, -0.15) is 0 Å². The summed E-state index contributed by atoms with van der Waals surface area (Å²) in [7, 11) is 0. The maximum atomic E-state index is 12.9. The summed E-state index contributed by atoms with van der Waals surface area (Å²) < 4.78 is 10.8. The van der Waals surface area contributed by atoms with E-state index in [0.29, 0.717) is 43.6 Å². The van der Waals surface area contributed by atoms with E-state index in [1.54, 1.807) is 4.90 Å². The van der Waals surface area contributed by atoms with E-state index in [0.717, 1.165) is 51.9 Å². The molecule has 3 atom stereocenters. The van der Waals surface area contributed by atoms with Crippen molar-refractivity contribution in [3.63, 3.8) is 0 Å². The zero-order valence-electron chi connectivity index (χ0n) is 18.7. The fraction of sp³-hybridized carbons (Fsp3) is 0.909. The molecule has 4 rings (SSSR count). The maximum Gasteiger partial charge on any atom is 0.410 e. The molecule has 4 fully saturated rings. The van der Waals surface area contributed by atoms with E-state index < -0.39 is 5.60 Å². The van der Waals surface area contributed by atoms with Crippen LogP contribution in [0.5, 0.6) is 0 Å². The number of nitrogens with one attached hydrogen (secondary N) is 2. The number of fused-ring (bicyclic) bond motifs is 1. The van der Waals surface area contributed by atoms with Gasteiger partial charge in [0.05, 0.1) is 19.3 Å². The van der Waals surface area contributed by atoms with Gasteiger partial charge in [0.25, 0.3) is 0 Å². The number of hydrazine groups is 1. The smallest absolute Gasteiger partial charge is 0.410 e. The van der Waals surface area contributed by atoms with Crippen LogP contribution in [0.4, 0.5) is 4.79 Å². The number of rotatable bonds is 4. The van der Waals surface area contributed by atoms with Gasteiger partial charge < -0.3 is 19.7 Å². The van der Waals surface area contributed by atoms with Crippen molar-refractivity contribution >= 4 is 12.0 Å². The Labute approximate surface area is 180 Å². The summed E-state index contributed by atoms with van der Waals surface area (Å²) >= 11 is 0. The summed E-state index contributed by atoms with van der Waals surface area (Å²) in [5, 5.41) is 5.59. The van der Waals surface area contributed by atoms with Crippen LogP contribution in [0.3, 0.4) is 0 Å². The number of amides is 2. The highest BCUT2D eigenvalue weighted by atomic mass is 16.6. The predicted molar refractivity (Wildman–Crippen MR) is 113 cm³/mol. The van der Waals surface area contributed by atoms with Crippen molar-refractivity contribution in [2.24, 2.45) is 17.8 Å². The highest BCUT2D eigenvalue weighted by Crippen LogP contribution is 2.36. The fourth-order valence-corrected chi connectivity index (χ4v) is 5.19. The van der Waals surface area contributed by atoms with Crippen LogP contribution in [0.1, 0.15) is 52.9 Å². The van der Waals surface area contributed by atoms with Crippen molar-refractivity contribution in [3.8, 4) is 0 Å². The number of hydrogen-bond acceptors (Lipinski definition) is 6. The molecule has 3 saturated heterocycles. The minimum atomic E-state index is -0.461. The normalized spacial score (nSPS) is 31.2. The topological polar surface area (TPSA) is 83.1 Å². The molecule has 3 heterocycles. The van der Waals surface area contributed by atoms with Crippen LogP contribution < -0.4 is 10.7 Å². The Bertz CT molecular complexity index is 625. The predicted octanol–water partition coefficient (Wildman–Crippen LogP) is 1.75. The Kier molecular flexibility index (Phi) is 6.55. The van der Waals surface area contributed by atoms with Crippen LogP contribution in [0.25, 0.3) is 0 Å². The number of hydrogen-bond donors (Lipinski definition) is 2. The molecule has 8 heteroatoms. The summed E-state index contributed by atoms with van der Waals surface area (Å²) in [5.41, 5.74) is 3.09. The lowest BCUT2D eigenvalue weighted by Crippen LogP contribution is -2.56. The second-order valence-corrected chi connectivity index (χ2v) is 10.5. The van der Waals surface area contributed by atoms with Gasteiger partial charge in [0.1, 0.15) is 5.60 Å². The number of ether oxygens (including phenoxy) is 2. The molecule has 3 aliphatic heterocycles. The molecule has 0 aromatic rings. The van der Waals surface area contributed by atoms with Gasteiger partial charge >= 0.3 is 6.09 Å². The maximum absolute atomic E-state index is 12.9. The van der Waals surface area contributed by atoms with Gasteiger partial charge in [0, 0.05) is 38.1 Å². The third-order valence-corrected chi connectivity index (χ3v) is 7.07. The van der Waals surface area contributed by atoms with Crippen molar-refractivity contribution in [1.29, 1.82) is 0 Å². The SMILES string of the molecule is CC(C)(C)OC(=O)N1CCC(CNC(=O)C2CCC3CNN(C4COC4)C3C2)CC1. The molecule has 4 aliphatic rings. The summed E-state index contributed by atoms with van der Waals surface area (Å²) in [4.78, 5) is 26.8. The van der Waals surface area contributed by atoms with E-state index in [1.807, 2.05) is 20.8 Å². The molecule has 0 aromatic heterocycles. The highest BCUT2D eigenvalue weighted by Gasteiger charge is 2.45. The third-order valence-electron chi connectivity index (χ3n) is 7.07. The van der Waals surface area contributed by atoms with Crippen molar-refractivity contribution in [1.82, 2.24) is 20.7 Å². The van der Waals surface area contributed by atoms with E-state index in [1.165, 1.54) is 0 Å². The van der Waals surface area contributed by atoms with E-state index in [2.05, 4.69) is 15.8 Å². The van der Waals surface area contributed by atoms with Crippen LogP contribution in [0.15, 0.2) is 0 Å². The fourth-order valence-electron chi connectivity index (χ4n) is 5.19. The molecule has 0 bridgehead atoms. The Morgan fingerprint density at radius 1 is 1.13 bits per heavy atom. The summed E-state index contributed by atoms with van der Waals surface area (Å²) in [6.45, 7) is 10.4. The quantitative estimate of drug-likeness (QED) is 0.718. The van der Waals surface area contributed by atoms with Crippen LogP contribution in [0, 0.1) is 17.8 Å². The van der Waals surface area contributed by atoms with Gasteiger partial charge in [-0.3, -0.25) is 10.2 Å². The first-order chi connectivity index (χ1) is 14.3. The van der Waals surface area contributed by atoms with Gasteiger partial charge in [-0.1, -0.05) is 0 Å². The Balaban J connectivity index is 1.19. The Morgan fingerprint density at radius 3 is 2.50 bits per heavy atom. The first-order valence-electron chi connectivity index (χ1n) is 11.7. The molecule has 2 amide bonds. The molecule has 30 heavy (non-hydrogen) atoms. The Morgan fingerprint density at radius 2 is 1.87 bits per heavy atom. The van der Waals surface area contributed by atoms with E-state index >= 15 is 0 Å². The second kappa shape index (κ2) is 9.01. The molecule has 1 aliphatic carbocycles. The number of piperidine rings is 1. The van der Waals surface area contributed by atoms with Gasteiger partial charge in [0.2, 0.25) is 5.91 Å². The number of carbonyl (C=O) groups is 2. The zero-order valence-corrected chi connectivity index (χ0v) is 18.7. The number of nitrogens with zero attached hydrogens (tertiary/aromatic N) is 2. The van der Waals surface area contributed by atoms with Crippen LogP contribution in [0.2, 0.25) is 0 Å². The lowest BCUT2D eigenvalue weighted by Gasteiger charge is -2.41. The van der Waals surface area contributed by atoms with Gasteiger partial charge in [0.15, 0.2) is 0 Å². The lowest BCUT2D eigenvalue weighted by atomic mass is 9.78. The third kappa shape index (κ3) is 5.08. The molecule has 1 saturated carbocycles. The molecule has 3 unspecified atom stereocenters. The van der Waals surface area contributed by atoms with E-state index in [9.17, 15) is 9.59 Å². The van der Waals surface area contributed by atoms with Gasteiger partial charge in [-0.15, -0.1) is 0 Å². The standard InChI is InChI=1S/C22H38N4O4/c1-22(2,3)30-21(28)25-8-6-15(7-9-25)11-23-20(27)16-4-5-17-12-24-26(19(17)10-16)18-13-29-14-18/h15-19,24H,4-14H2,1-3H3,(H,23,27).